The Kier molecular flexibility index (Phi) is 4.24. The van der Waals surface area contributed by atoms with Crippen LogP contribution in [0, 0.1) is 17.7 Å². The van der Waals surface area contributed by atoms with Gasteiger partial charge in [0.15, 0.2) is 0 Å². The number of carbonyl (C=O) groups excluding carboxylic acids is 1. The molecular weight excluding hydrogens is 267 g/mol. The second-order valence-corrected chi connectivity index (χ2v) is 6.39. The zero-order valence-electron chi connectivity index (χ0n) is 12.3. The summed E-state index contributed by atoms with van der Waals surface area (Å²) < 4.78 is 13.2. The standard InChI is InChI=1S/C17H23FN2O/c18-15-7-5-14(6-8-15)17(13-3-1-2-4-13)20-11-12(10-19)9-16(20)21/h5-8,12-13,17H,1-4,9-11,19H2. The zero-order chi connectivity index (χ0) is 14.8. The number of nitrogens with two attached hydrogens (primary N) is 1. The third kappa shape index (κ3) is 2.95. The van der Waals surface area contributed by atoms with Gasteiger partial charge in [0.1, 0.15) is 5.82 Å². The maximum atomic E-state index is 13.2. The third-order valence-corrected chi connectivity index (χ3v) is 4.97. The molecule has 21 heavy (non-hydrogen) atoms. The molecule has 0 aromatic heterocycles. The summed E-state index contributed by atoms with van der Waals surface area (Å²) in [6.07, 6.45) is 5.31. The third-order valence-electron chi connectivity index (χ3n) is 4.97. The zero-order valence-corrected chi connectivity index (χ0v) is 12.3. The molecule has 0 spiro atoms. The lowest BCUT2D eigenvalue weighted by Gasteiger charge is -2.33. The normalized spacial score (nSPS) is 24.8. The molecule has 1 aromatic carbocycles. The average Bonchev–Trinajstić information content (AvgIpc) is 3.12. The first-order valence-electron chi connectivity index (χ1n) is 7.94. The van der Waals surface area contributed by atoms with Crippen molar-refractivity contribution >= 4 is 5.91 Å². The minimum absolute atomic E-state index is 0.0946. The van der Waals surface area contributed by atoms with Gasteiger partial charge < -0.3 is 10.6 Å². The molecule has 2 unspecified atom stereocenters. The number of carbonyl (C=O) groups is 1. The number of hydrogen-bond donors (Lipinski definition) is 1. The van der Waals surface area contributed by atoms with Gasteiger partial charge in [-0.2, -0.15) is 0 Å². The highest BCUT2D eigenvalue weighted by Gasteiger charge is 2.38. The van der Waals surface area contributed by atoms with Gasteiger partial charge in [-0.25, -0.2) is 4.39 Å². The van der Waals surface area contributed by atoms with E-state index in [4.69, 9.17) is 5.73 Å². The fraction of sp³-hybridized carbons (Fsp3) is 0.588. The van der Waals surface area contributed by atoms with Gasteiger partial charge in [0.2, 0.25) is 5.91 Å². The van der Waals surface area contributed by atoms with Crippen molar-refractivity contribution in [2.75, 3.05) is 13.1 Å². The van der Waals surface area contributed by atoms with Gasteiger partial charge in [-0.05, 0) is 48.9 Å². The first-order chi connectivity index (χ1) is 10.2. The molecule has 1 saturated carbocycles. The summed E-state index contributed by atoms with van der Waals surface area (Å²) in [5.41, 5.74) is 6.81. The summed E-state index contributed by atoms with van der Waals surface area (Å²) in [7, 11) is 0. The number of hydrogen-bond acceptors (Lipinski definition) is 2. The van der Waals surface area contributed by atoms with Crippen LogP contribution in [0.2, 0.25) is 0 Å². The molecule has 1 amide bonds. The topological polar surface area (TPSA) is 46.3 Å². The molecule has 2 atom stereocenters. The molecule has 1 saturated heterocycles. The highest BCUT2D eigenvalue weighted by molar-refractivity contribution is 5.79. The van der Waals surface area contributed by atoms with Crippen LogP contribution in [0.5, 0.6) is 0 Å². The molecule has 3 rings (SSSR count). The summed E-state index contributed by atoms with van der Waals surface area (Å²) in [6.45, 7) is 1.30. The van der Waals surface area contributed by atoms with E-state index in [-0.39, 0.29) is 23.7 Å². The number of benzene rings is 1. The summed E-state index contributed by atoms with van der Waals surface area (Å²) in [4.78, 5) is 14.4. The molecule has 3 nitrogen and oxygen atoms in total. The van der Waals surface area contributed by atoms with Gasteiger partial charge in [-0.3, -0.25) is 4.79 Å². The Morgan fingerprint density at radius 3 is 2.48 bits per heavy atom. The Hall–Kier alpha value is -1.42. The second kappa shape index (κ2) is 6.14. The minimum atomic E-state index is -0.225. The lowest BCUT2D eigenvalue weighted by molar-refractivity contribution is -0.130. The predicted octanol–water partition coefficient (Wildman–Crippen LogP) is 2.86. The predicted molar refractivity (Wildman–Crippen MR) is 80.0 cm³/mol. The van der Waals surface area contributed by atoms with Crippen molar-refractivity contribution in [1.29, 1.82) is 0 Å². The Bertz CT molecular complexity index is 496. The molecule has 1 heterocycles. The van der Waals surface area contributed by atoms with Gasteiger partial charge in [0, 0.05) is 13.0 Å². The summed E-state index contributed by atoms with van der Waals surface area (Å²) in [5.74, 6) is 0.737. The molecule has 1 aliphatic heterocycles. The highest BCUT2D eigenvalue weighted by Crippen LogP contribution is 2.41. The molecule has 2 aliphatic rings. The first kappa shape index (κ1) is 14.5. The highest BCUT2D eigenvalue weighted by atomic mass is 19.1. The van der Waals surface area contributed by atoms with E-state index in [1.54, 1.807) is 0 Å². The van der Waals surface area contributed by atoms with Gasteiger partial charge in [0.25, 0.3) is 0 Å². The quantitative estimate of drug-likeness (QED) is 0.927. The number of amides is 1. The lowest BCUT2D eigenvalue weighted by Crippen LogP contribution is -2.34. The van der Waals surface area contributed by atoms with E-state index in [0.29, 0.717) is 18.9 Å². The fourth-order valence-corrected chi connectivity index (χ4v) is 3.87. The van der Waals surface area contributed by atoms with Gasteiger partial charge in [0.05, 0.1) is 6.04 Å². The van der Waals surface area contributed by atoms with Crippen LogP contribution in [0.4, 0.5) is 4.39 Å². The van der Waals surface area contributed by atoms with Crippen LogP contribution in [-0.4, -0.2) is 23.9 Å². The van der Waals surface area contributed by atoms with Crippen LogP contribution < -0.4 is 5.73 Å². The van der Waals surface area contributed by atoms with Crippen molar-refractivity contribution in [2.24, 2.45) is 17.6 Å². The Morgan fingerprint density at radius 1 is 1.24 bits per heavy atom. The van der Waals surface area contributed by atoms with Crippen LogP contribution >= 0.6 is 0 Å². The van der Waals surface area contributed by atoms with Gasteiger partial charge in [-0.1, -0.05) is 25.0 Å². The van der Waals surface area contributed by atoms with Crippen LogP contribution in [0.25, 0.3) is 0 Å². The molecule has 2 N–H and O–H groups in total. The molecule has 4 heteroatoms. The van der Waals surface area contributed by atoms with Crippen molar-refractivity contribution in [3.8, 4) is 0 Å². The lowest BCUT2D eigenvalue weighted by atomic mass is 9.90. The smallest absolute Gasteiger partial charge is 0.223 e. The van der Waals surface area contributed by atoms with E-state index < -0.39 is 0 Å². The largest absolute Gasteiger partial charge is 0.335 e. The van der Waals surface area contributed by atoms with Crippen molar-refractivity contribution in [1.82, 2.24) is 4.90 Å². The van der Waals surface area contributed by atoms with Crippen molar-refractivity contribution in [3.05, 3.63) is 35.6 Å². The molecular formula is C17H23FN2O. The van der Waals surface area contributed by atoms with E-state index in [1.165, 1.54) is 25.0 Å². The fourth-order valence-electron chi connectivity index (χ4n) is 3.87. The van der Waals surface area contributed by atoms with Crippen molar-refractivity contribution in [2.45, 2.75) is 38.1 Å². The van der Waals surface area contributed by atoms with E-state index in [0.717, 1.165) is 24.9 Å². The average molecular weight is 290 g/mol. The molecule has 2 fully saturated rings. The number of likely N-dealkylation sites (tertiary alicyclic amines) is 1. The van der Waals surface area contributed by atoms with Crippen LogP contribution in [0.15, 0.2) is 24.3 Å². The van der Waals surface area contributed by atoms with Gasteiger partial charge >= 0.3 is 0 Å². The maximum absolute atomic E-state index is 13.2. The minimum Gasteiger partial charge on any atom is -0.335 e. The summed E-state index contributed by atoms with van der Waals surface area (Å²) >= 11 is 0. The molecule has 1 aromatic rings. The Morgan fingerprint density at radius 2 is 1.90 bits per heavy atom. The Balaban J connectivity index is 1.89. The van der Waals surface area contributed by atoms with Crippen LogP contribution in [-0.2, 0) is 4.79 Å². The van der Waals surface area contributed by atoms with Crippen LogP contribution in [0.1, 0.15) is 43.7 Å². The molecule has 1 aliphatic carbocycles. The van der Waals surface area contributed by atoms with E-state index in [1.807, 2.05) is 17.0 Å². The van der Waals surface area contributed by atoms with Crippen LogP contribution in [0.3, 0.4) is 0 Å². The van der Waals surface area contributed by atoms with E-state index >= 15 is 0 Å². The maximum Gasteiger partial charge on any atom is 0.223 e. The number of rotatable bonds is 4. The number of halogens is 1. The van der Waals surface area contributed by atoms with E-state index in [9.17, 15) is 9.18 Å². The number of nitrogens with zero attached hydrogens (tertiary/aromatic N) is 1. The molecule has 114 valence electrons. The SMILES string of the molecule is NCC1CC(=O)N(C(c2ccc(F)cc2)C2CCCC2)C1. The molecule has 0 bridgehead atoms. The van der Waals surface area contributed by atoms with E-state index in [2.05, 4.69) is 0 Å². The summed E-state index contributed by atoms with van der Waals surface area (Å²) in [6, 6.07) is 6.76. The van der Waals surface area contributed by atoms with Crippen molar-refractivity contribution < 1.29 is 9.18 Å². The first-order valence-corrected chi connectivity index (χ1v) is 7.94. The van der Waals surface area contributed by atoms with Gasteiger partial charge in [-0.15, -0.1) is 0 Å². The van der Waals surface area contributed by atoms with Crippen molar-refractivity contribution in [3.63, 3.8) is 0 Å². The Labute approximate surface area is 125 Å². The molecule has 0 radical (unpaired) electrons. The monoisotopic (exact) mass is 290 g/mol. The second-order valence-electron chi connectivity index (χ2n) is 6.39. The summed E-state index contributed by atoms with van der Waals surface area (Å²) in [5, 5.41) is 0.